The maximum absolute atomic E-state index is 13.2. The number of nitro benzene ring substituents is 1. The Morgan fingerprint density at radius 2 is 1.95 bits per heavy atom. The molecule has 0 aliphatic heterocycles. The van der Waals surface area contributed by atoms with Crippen molar-refractivity contribution >= 4 is 11.5 Å². The van der Waals surface area contributed by atoms with Gasteiger partial charge in [-0.2, -0.15) is 0 Å². The van der Waals surface area contributed by atoms with Crippen LogP contribution in [0.1, 0.15) is 15.9 Å². The molecule has 0 amide bonds. The number of carbonyl (C=O) groups excluding carboxylic acids is 1. The highest BCUT2D eigenvalue weighted by Gasteiger charge is 2.14. The van der Waals surface area contributed by atoms with Crippen molar-refractivity contribution < 1.29 is 14.1 Å². The van der Waals surface area contributed by atoms with Crippen LogP contribution in [0, 0.1) is 15.9 Å². The second-order valence-corrected chi connectivity index (χ2v) is 3.91. The van der Waals surface area contributed by atoms with Crippen LogP contribution in [-0.2, 0) is 6.42 Å². The largest absolute Gasteiger partial charge is 0.294 e. The summed E-state index contributed by atoms with van der Waals surface area (Å²) < 4.78 is 13.2. The topological polar surface area (TPSA) is 73.1 Å². The number of pyridine rings is 1. The second-order valence-electron chi connectivity index (χ2n) is 3.91. The van der Waals surface area contributed by atoms with Crippen LogP contribution in [-0.4, -0.2) is 15.7 Å². The molecule has 1 heterocycles. The molecule has 0 aliphatic carbocycles. The highest BCUT2D eigenvalue weighted by molar-refractivity contribution is 5.98. The molecule has 19 heavy (non-hydrogen) atoms. The number of nitro groups is 1. The fraction of sp³-hybridized carbons (Fsp3) is 0.0769. The number of non-ortho nitro benzene ring substituents is 1. The van der Waals surface area contributed by atoms with Crippen LogP contribution in [0.15, 0.2) is 42.7 Å². The van der Waals surface area contributed by atoms with Crippen LogP contribution in [0.4, 0.5) is 10.1 Å². The third-order valence-electron chi connectivity index (χ3n) is 2.53. The first kappa shape index (κ1) is 12.8. The lowest BCUT2D eigenvalue weighted by Gasteiger charge is -2.02. The number of hydrogen-bond donors (Lipinski definition) is 0. The number of benzene rings is 1. The Bertz CT molecular complexity index is 629. The molecule has 0 unspecified atom stereocenters. The van der Waals surface area contributed by atoms with E-state index >= 15 is 0 Å². The number of hydrogen-bond acceptors (Lipinski definition) is 4. The van der Waals surface area contributed by atoms with Gasteiger partial charge in [-0.3, -0.25) is 19.9 Å². The van der Waals surface area contributed by atoms with E-state index in [0.717, 1.165) is 18.2 Å². The normalized spacial score (nSPS) is 10.2. The first-order valence-corrected chi connectivity index (χ1v) is 5.43. The Labute approximate surface area is 107 Å². The van der Waals surface area contributed by atoms with Gasteiger partial charge in [0.25, 0.3) is 5.69 Å². The van der Waals surface area contributed by atoms with Crippen LogP contribution in [0.3, 0.4) is 0 Å². The van der Waals surface area contributed by atoms with Gasteiger partial charge < -0.3 is 0 Å². The third-order valence-corrected chi connectivity index (χ3v) is 2.53. The number of rotatable bonds is 4. The molecule has 0 bridgehead atoms. The summed E-state index contributed by atoms with van der Waals surface area (Å²) in [7, 11) is 0. The van der Waals surface area contributed by atoms with E-state index in [1.807, 2.05) is 0 Å². The first-order chi connectivity index (χ1) is 9.06. The third kappa shape index (κ3) is 3.19. The molecule has 0 fully saturated rings. The number of halogens is 1. The molecule has 1 aromatic heterocycles. The first-order valence-electron chi connectivity index (χ1n) is 5.43. The van der Waals surface area contributed by atoms with Gasteiger partial charge in [-0.05, 0) is 23.8 Å². The van der Waals surface area contributed by atoms with Gasteiger partial charge in [0.05, 0.1) is 11.0 Å². The van der Waals surface area contributed by atoms with Crippen LogP contribution in [0.5, 0.6) is 0 Å². The zero-order valence-electron chi connectivity index (χ0n) is 9.75. The van der Waals surface area contributed by atoms with E-state index in [9.17, 15) is 19.3 Å². The van der Waals surface area contributed by atoms with Crippen LogP contribution >= 0.6 is 0 Å². The smallest absolute Gasteiger partial charge is 0.273 e. The summed E-state index contributed by atoms with van der Waals surface area (Å²) >= 11 is 0. The van der Waals surface area contributed by atoms with Crippen molar-refractivity contribution in [1.82, 2.24) is 4.98 Å². The van der Waals surface area contributed by atoms with Gasteiger partial charge in [0.15, 0.2) is 5.78 Å². The predicted octanol–water partition coefficient (Wildman–Crippen LogP) is 2.55. The predicted molar refractivity (Wildman–Crippen MR) is 65.3 cm³/mol. The van der Waals surface area contributed by atoms with Gasteiger partial charge >= 0.3 is 0 Å². The lowest BCUT2D eigenvalue weighted by Crippen LogP contribution is -2.05. The van der Waals surface area contributed by atoms with Crippen molar-refractivity contribution in [1.29, 1.82) is 0 Å². The maximum Gasteiger partial charge on any atom is 0.273 e. The molecule has 0 atom stereocenters. The Balaban J connectivity index is 2.26. The summed E-state index contributed by atoms with van der Waals surface area (Å²) in [6.45, 7) is 0. The van der Waals surface area contributed by atoms with Crippen molar-refractivity contribution in [3.05, 3.63) is 69.8 Å². The standard InChI is InChI=1S/C13H9FN2O3/c14-11-6-10(7-12(8-11)16(18)19)13(17)5-9-1-3-15-4-2-9/h1-4,6-8H,5H2. The van der Waals surface area contributed by atoms with Crippen molar-refractivity contribution in [3.63, 3.8) is 0 Å². The van der Waals surface area contributed by atoms with Gasteiger partial charge in [-0.25, -0.2) is 4.39 Å². The highest BCUT2D eigenvalue weighted by Crippen LogP contribution is 2.17. The van der Waals surface area contributed by atoms with Gasteiger partial charge in [-0.15, -0.1) is 0 Å². The molecule has 0 aliphatic rings. The number of Topliss-reactive ketones (excluding diaryl/α,β-unsaturated/α-hetero) is 1. The highest BCUT2D eigenvalue weighted by atomic mass is 19.1. The van der Waals surface area contributed by atoms with Crippen LogP contribution in [0.25, 0.3) is 0 Å². The summed E-state index contributed by atoms with van der Waals surface area (Å²) in [6, 6.07) is 6.17. The number of ketones is 1. The molecule has 0 N–H and O–H groups in total. The van der Waals surface area contributed by atoms with Crippen molar-refractivity contribution in [2.75, 3.05) is 0 Å². The van der Waals surface area contributed by atoms with Crippen molar-refractivity contribution in [2.24, 2.45) is 0 Å². The van der Waals surface area contributed by atoms with Crippen LogP contribution in [0.2, 0.25) is 0 Å². The van der Waals surface area contributed by atoms with E-state index in [0.29, 0.717) is 5.56 Å². The van der Waals surface area contributed by atoms with Gasteiger partial charge in [0.2, 0.25) is 0 Å². The fourth-order valence-corrected chi connectivity index (χ4v) is 1.63. The maximum atomic E-state index is 13.2. The SMILES string of the molecule is O=C(Cc1ccncc1)c1cc(F)cc([N+](=O)[O-])c1. The molecule has 5 nitrogen and oxygen atoms in total. The average Bonchev–Trinajstić information content (AvgIpc) is 2.39. The van der Waals surface area contributed by atoms with Crippen molar-refractivity contribution in [3.8, 4) is 0 Å². The van der Waals surface area contributed by atoms with Crippen molar-refractivity contribution in [2.45, 2.75) is 6.42 Å². The molecule has 96 valence electrons. The fourth-order valence-electron chi connectivity index (χ4n) is 1.63. The summed E-state index contributed by atoms with van der Waals surface area (Å²) in [5, 5.41) is 10.6. The number of nitrogens with zero attached hydrogens (tertiary/aromatic N) is 2. The second kappa shape index (κ2) is 5.34. The van der Waals surface area contributed by atoms with Crippen LogP contribution < -0.4 is 0 Å². The summed E-state index contributed by atoms with van der Waals surface area (Å²) in [4.78, 5) is 25.6. The Kier molecular flexibility index (Phi) is 3.61. The Hall–Kier alpha value is -2.63. The van der Waals surface area contributed by atoms with Gasteiger partial charge in [0, 0.05) is 30.4 Å². The minimum atomic E-state index is -0.799. The van der Waals surface area contributed by atoms with E-state index in [2.05, 4.69) is 4.98 Å². The Morgan fingerprint density at radius 1 is 1.26 bits per heavy atom. The summed E-state index contributed by atoms with van der Waals surface area (Å²) in [5.74, 6) is -1.18. The molecule has 0 saturated heterocycles. The molecule has 0 radical (unpaired) electrons. The van der Waals surface area contributed by atoms with E-state index in [-0.39, 0.29) is 17.8 Å². The lowest BCUT2D eigenvalue weighted by molar-refractivity contribution is -0.385. The van der Waals surface area contributed by atoms with Gasteiger partial charge in [-0.1, -0.05) is 0 Å². The molecule has 0 spiro atoms. The lowest BCUT2D eigenvalue weighted by atomic mass is 10.0. The minimum Gasteiger partial charge on any atom is -0.294 e. The molecule has 6 heteroatoms. The minimum absolute atomic E-state index is 0.0106. The molecule has 1 aromatic carbocycles. The molecule has 0 saturated carbocycles. The summed E-state index contributed by atoms with van der Waals surface area (Å²) in [5.41, 5.74) is 0.272. The van der Waals surface area contributed by atoms with Gasteiger partial charge in [0.1, 0.15) is 5.82 Å². The monoisotopic (exact) mass is 260 g/mol. The Morgan fingerprint density at radius 3 is 2.58 bits per heavy atom. The quantitative estimate of drug-likeness (QED) is 0.481. The number of aromatic nitrogens is 1. The van der Waals surface area contributed by atoms with E-state index in [4.69, 9.17) is 0 Å². The zero-order valence-corrected chi connectivity index (χ0v) is 9.75. The summed E-state index contributed by atoms with van der Waals surface area (Å²) in [6.07, 6.45) is 3.12. The van der Waals surface area contributed by atoms with E-state index in [1.54, 1.807) is 12.1 Å². The molecule has 2 aromatic rings. The molecular weight excluding hydrogens is 251 g/mol. The molecular formula is C13H9FN2O3. The molecule has 2 rings (SSSR count). The van der Waals surface area contributed by atoms with E-state index in [1.165, 1.54) is 12.4 Å². The average molecular weight is 260 g/mol. The zero-order chi connectivity index (χ0) is 13.8. The number of carbonyl (C=O) groups is 1. The van der Waals surface area contributed by atoms with E-state index < -0.39 is 16.4 Å².